The standard InChI is InChI=1S/C7H7FOS/c1-9-6-3-2-5(8)4-7(6)10/h2-4,10H,1H3/p-1. The van der Waals surface area contributed by atoms with Crippen molar-refractivity contribution in [1.82, 2.24) is 0 Å². The number of benzene rings is 1. The molecule has 0 atom stereocenters. The molecule has 0 aliphatic heterocycles. The summed E-state index contributed by atoms with van der Waals surface area (Å²) in [4.78, 5) is 0.405. The smallest absolute Gasteiger partial charge is 0.121 e. The van der Waals surface area contributed by atoms with Crippen molar-refractivity contribution in [3.05, 3.63) is 24.0 Å². The van der Waals surface area contributed by atoms with Crippen LogP contribution in [-0.2, 0) is 12.6 Å². The van der Waals surface area contributed by atoms with E-state index in [-0.39, 0.29) is 5.82 Å². The van der Waals surface area contributed by atoms with E-state index in [0.717, 1.165) is 0 Å². The highest BCUT2D eigenvalue weighted by molar-refractivity contribution is 7.58. The lowest BCUT2D eigenvalue weighted by Crippen LogP contribution is -1.86. The van der Waals surface area contributed by atoms with Crippen LogP contribution in [0.1, 0.15) is 0 Å². The van der Waals surface area contributed by atoms with Gasteiger partial charge in [-0.25, -0.2) is 4.39 Å². The maximum atomic E-state index is 12.4. The molecule has 1 aromatic rings. The van der Waals surface area contributed by atoms with E-state index >= 15 is 0 Å². The molecule has 0 unspecified atom stereocenters. The fraction of sp³-hybridized carbons (Fsp3) is 0.143. The molecule has 3 heteroatoms. The molecule has 0 heterocycles. The molecule has 1 nitrogen and oxygen atoms in total. The first-order valence-electron chi connectivity index (χ1n) is 2.74. The summed E-state index contributed by atoms with van der Waals surface area (Å²) in [5, 5.41) is 0. The number of methoxy groups -OCH3 is 1. The van der Waals surface area contributed by atoms with Crippen LogP contribution < -0.4 is 4.74 Å². The quantitative estimate of drug-likeness (QED) is 0.574. The van der Waals surface area contributed by atoms with Crippen molar-refractivity contribution in [3.8, 4) is 5.75 Å². The molecule has 0 aliphatic rings. The first-order valence-corrected chi connectivity index (χ1v) is 3.15. The van der Waals surface area contributed by atoms with Crippen LogP contribution in [0.15, 0.2) is 23.1 Å². The van der Waals surface area contributed by atoms with Gasteiger partial charge in [-0.15, -0.1) is 4.90 Å². The highest BCUT2D eigenvalue weighted by atomic mass is 32.1. The largest absolute Gasteiger partial charge is 0.776 e. The Kier molecular flexibility index (Phi) is 2.06. The lowest BCUT2D eigenvalue weighted by atomic mass is 10.3. The first-order chi connectivity index (χ1) is 4.74. The van der Waals surface area contributed by atoms with Crippen molar-refractivity contribution in [2.24, 2.45) is 0 Å². The highest BCUT2D eigenvalue weighted by Gasteiger charge is 1.91. The van der Waals surface area contributed by atoms with E-state index in [1.807, 2.05) is 0 Å². The maximum absolute atomic E-state index is 12.4. The Morgan fingerprint density at radius 1 is 1.50 bits per heavy atom. The zero-order chi connectivity index (χ0) is 7.56. The molecular formula is C7H6FOS-. The van der Waals surface area contributed by atoms with Gasteiger partial charge in [-0.3, -0.25) is 0 Å². The van der Waals surface area contributed by atoms with E-state index < -0.39 is 0 Å². The zero-order valence-electron chi connectivity index (χ0n) is 5.43. The van der Waals surface area contributed by atoms with Gasteiger partial charge in [0.05, 0.1) is 12.9 Å². The molecule has 0 saturated heterocycles. The third kappa shape index (κ3) is 1.36. The molecule has 54 valence electrons. The van der Waals surface area contributed by atoms with Crippen molar-refractivity contribution in [1.29, 1.82) is 0 Å². The molecule has 0 radical (unpaired) electrons. The van der Waals surface area contributed by atoms with Crippen LogP contribution in [0.3, 0.4) is 0 Å². The number of hydrogen-bond acceptors (Lipinski definition) is 2. The number of halogens is 1. The van der Waals surface area contributed by atoms with Gasteiger partial charge in [0.15, 0.2) is 0 Å². The number of ether oxygens (including phenoxy) is 1. The van der Waals surface area contributed by atoms with Gasteiger partial charge in [0.2, 0.25) is 0 Å². The second kappa shape index (κ2) is 2.84. The Labute approximate surface area is 64.2 Å². The normalized spacial score (nSPS) is 9.40. The molecule has 0 N–H and O–H groups in total. The molecule has 0 aliphatic carbocycles. The molecule has 0 fully saturated rings. The molecule has 0 aromatic heterocycles. The van der Waals surface area contributed by atoms with Gasteiger partial charge in [0.1, 0.15) is 5.82 Å². The van der Waals surface area contributed by atoms with Crippen LogP contribution in [0.4, 0.5) is 4.39 Å². The summed E-state index contributed by atoms with van der Waals surface area (Å²) in [5.41, 5.74) is 0. The summed E-state index contributed by atoms with van der Waals surface area (Å²) in [7, 11) is 1.50. The maximum Gasteiger partial charge on any atom is 0.121 e. The summed E-state index contributed by atoms with van der Waals surface area (Å²) >= 11 is 4.77. The van der Waals surface area contributed by atoms with Crippen LogP contribution >= 0.6 is 0 Å². The van der Waals surface area contributed by atoms with E-state index in [1.54, 1.807) is 0 Å². The van der Waals surface area contributed by atoms with Crippen molar-refractivity contribution in [3.63, 3.8) is 0 Å². The molecule has 0 amide bonds. The monoisotopic (exact) mass is 157 g/mol. The van der Waals surface area contributed by atoms with Gasteiger partial charge in [0.25, 0.3) is 0 Å². The lowest BCUT2D eigenvalue weighted by Gasteiger charge is -2.10. The van der Waals surface area contributed by atoms with Gasteiger partial charge in [-0.05, 0) is 18.2 Å². The van der Waals surface area contributed by atoms with E-state index in [4.69, 9.17) is 17.4 Å². The van der Waals surface area contributed by atoms with E-state index in [1.165, 1.54) is 25.3 Å². The molecule has 0 bridgehead atoms. The Bertz CT molecular complexity index is 237. The van der Waals surface area contributed by atoms with Gasteiger partial charge in [-0.2, -0.15) is 0 Å². The van der Waals surface area contributed by atoms with Gasteiger partial charge >= 0.3 is 0 Å². The Morgan fingerprint density at radius 2 is 2.20 bits per heavy atom. The number of rotatable bonds is 1. The van der Waals surface area contributed by atoms with Crippen molar-refractivity contribution >= 4 is 12.6 Å². The summed E-state index contributed by atoms with van der Waals surface area (Å²) in [5.74, 6) is 0.210. The first kappa shape index (κ1) is 7.28. The van der Waals surface area contributed by atoms with Crippen LogP contribution in [0.5, 0.6) is 5.75 Å². The van der Waals surface area contributed by atoms with E-state index in [2.05, 4.69) is 0 Å². The summed E-state index contributed by atoms with van der Waals surface area (Å²) < 4.78 is 17.2. The summed E-state index contributed by atoms with van der Waals surface area (Å²) in [6, 6.07) is 4.08. The molecule has 10 heavy (non-hydrogen) atoms. The van der Waals surface area contributed by atoms with Crippen LogP contribution in [0.25, 0.3) is 0 Å². The lowest BCUT2D eigenvalue weighted by molar-refractivity contribution is 0.403. The average Bonchev–Trinajstić information content (AvgIpc) is 1.88. The Hall–Kier alpha value is -0.830. The third-order valence-corrected chi connectivity index (χ3v) is 1.44. The average molecular weight is 157 g/mol. The second-order valence-corrected chi connectivity index (χ2v) is 2.24. The summed E-state index contributed by atoms with van der Waals surface area (Å²) in [6.07, 6.45) is 0. The molecular weight excluding hydrogens is 151 g/mol. The second-order valence-electron chi connectivity index (χ2n) is 1.80. The Morgan fingerprint density at radius 3 is 2.70 bits per heavy atom. The van der Waals surface area contributed by atoms with Crippen LogP contribution in [0.2, 0.25) is 0 Å². The van der Waals surface area contributed by atoms with Crippen LogP contribution in [-0.4, -0.2) is 7.11 Å². The zero-order valence-corrected chi connectivity index (χ0v) is 6.24. The fourth-order valence-electron chi connectivity index (χ4n) is 0.651. The summed E-state index contributed by atoms with van der Waals surface area (Å²) in [6.45, 7) is 0. The van der Waals surface area contributed by atoms with Crippen LogP contribution in [0, 0.1) is 5.82 Å². The SMILES string of the molecule is COc1ccc(F)cc1[S-]. The van der Waals surface area contributed by atoms with Gasteiger partial charge in [0, 0.05) is 0 Å². The minimum absolute atomic E-state index is 0.328. The fourth-order valence-corrected chi connectivity index (χ4v) is 0.915. The predicted molar refractivity (Wildman–Crippen MR) is 38.6 cm³/mol. The third-order valence-electron chi connectivity index (χ3n) is 1.13. The predicted octanol–water partition coefficient (Wildman–Crippen LogP) is 1.74. The molecule has 0 spiro atoms. The highest BCUT2D eigenvalue weighted by Crippen LogP contribution is 2.17. The van der Waals surface area contributed by atoms with E-state index in [0.29, 0.717) is 10.6 Å². The number of hydrogen-bond donors (Lipinski definition) is 0. The van der Waals surface area contributed by atoms with Crippen molar-refractivity contribution in [2.45, 2.75) is 4.90 Å². The van der Waals surface area contributed by atoms with Crippen molar-refractivity contribution in [2.75, 3.05) is 7.11 Å². The molecule has 1 rings (SSSR count). The minimum Gasteiger partial charge on any atom is -0.776 e. The Balaban J connectivity index is 3.07. The van der Waals surface area contributed by atoms with Gasteiger partial charge in [-0.1, -0.05) is 0 Å². The van der Waals surface area contributed by atoms with Crippen molar-refractivity contribution < 1.29 is 9.13 Å². The molecule has 1 aromatic carbocycles. The topological polar surface area (TPSA) is 9.23 Å². The van der Waals surface area contributed by atoms with E-state index in [9.17, 15) is 4.39 Å². The van der Waals surface area contributed by atoms with Gasteiger partial charge < -0.3 is 17.4 Å². The minimum atomic E-state index is -0.328. The molecule has 0 saturated carbocycles.